The number of hydrogen-bond donors (Lipinski definition) is 0. The first kappa shape index (κ1) is 17.5. The molecule has 0 aliphatic heterocycles. The molecule has 1 radical (unpaired) electrons. The van der Waals surface area contributed by atoms with Crippen LogP contribution in [0, 0.1) is 12.3 Å². The van der Waals surface area contributed by atoms with E-state index in [9.17, 15) is 0 Å². The molecule has 4 heterocycles. The minimum absolute atomic E-state index is 0. The molecule has 0 atom stereocenters. The minimum atomic E-state index is 0. The second-order valence-corrected chi connectivity index (χ2v) is 5.17. The molecule has 4 aromatic rings. The largest absolute Gasteiger partial charge is 0.361 e. The van der Waals surface area contributed by atoms with E-state index in [0.29, 0.717) is 0 Å². The van der Waals surface area contributed by atoms with Crippen LogP contribution in [0.5, 0.6) is 0 Å². The molecule has 0 aliphatic carbocycles. The average molecular weight is 398 g/mol. The maximum atomic E-state index is 4.40. The standard InChI is InChI=1S/C20H13N4.Y/c1-3-11-21-18(7-1)19-10-9-16(14-23-19)17-6-5-13-24(15-17)20-8-2-4-12-22-20;/h1-5,7-13,15H;/q-1;. The topological polar surface area (TPSA) is 42.5 Å². The van der Waals surface area contributed by atoms with Crippen molar-refractivity contribution >= 4 is 0 Å². The Hall–Kier alpha value is -2.30. The van der Waals surface area contributed by atoms with E-state index in [2.05, 4.69) is 27.2 Å². The van der Waals surface area contributed by atoms with Crippen LogP contribution in [0.1, 0.15) is 0 Å². The van der Waals surface area contributed by atoms with Gasteiger partial charge in [-0.3, -0.25) is 9.55 Å². The van der Waals surface area contributed by atoms with Gasteiger partial charge in [0.2, 0.25) is 0 Å². The molecule has 0 spiro atoms. The molecule has 4 aromatic heterocycles. The SMILES string of the molecule is [Y].[c-]1nc(-c2ccccn2)ccc1-c1[c-]cc[n+](-c2ccccn2)c1. The second-order valence-electron chi connectivity index (χ2n) is 5.17. The average Bonchev–Trinajstić information content (AvgIpc) is 2.70. The quantitative estimate of drug-likeness (QED) is 0.394. The zero-order valence-corrected chi connectivity index (χ0v) is 16.2. The molecule has 0 aromatic carbocycles. The Kier molecular flexibility index (Phi) is 5.74. The van der Waals surface area contributed by atoms with Crippen molar-refractivity contribution in [3.05, 3.63) is 91.6 Å². The van der Waals surface area contributed by atoms with Gasteiger partial charge in [0.05, 0.1) is 0 Å². The Labute approximate surface area is 171 Å². The summed E-state index contributed by atoms with van der Waals surface area (Å²) in [7, 11) is 0. The predicted molar refractivity (Wildman–Crippen MR) is 89.9 cm³/mol. The van der Waals surface area contributed by atoms with Crippen molar-refractivity contribution in [1.82, 2.24) is 15.0 Å². The van der Waals surface area contributed by atoms with E-state index in [1.807, 2.05) is 71.6 Å². The van der Waals surface area contributed by atoms with Crippen molar-refractivity contribution < 1.29 is 37.3 Å². The third-order valence-corrected chi connectivity index (χ3v) is 3.58. The van der Waals surface area contributed by atoms with Gasteiger partial charge < -0.3 is 4.98 Å². The molecular formula is C20H13N4Y-. The van der Waals surface area contributed by atoms with Crippen molar-refractivity contribution in [3.8, 4) is 28.3 Å². The van der Waals surface area contributed by atoms with Crippen molar-refractivity contribution in [2.45, 2.75) is 0 Å². The molecule has 0 bridgehead atoms. The molecule has 0 fully saturated rings. The van der Waals surface area contributed by atoms with Crippen molar-refractivity contribution in [3.63, 3.8) is 0 Å². The van der Waals surface area contributed by atoms with Gasteiger partial charge in [-0.05, 0) is 24.4 Å². The Morgan fingerprint density at radius 1 is 0.800 bits per heavy atom. The zero-order valence-electron chi connectivity index (χ0n) is 13.4. The van der Waals surface area contributed by atoms with E-state index < -0.39 is 0 Å². The van der Waals surface area contributed by atoms with Crippen LogP contribution in [0.15, 0.2) is 79.4 Å². The van der Waals surface area contributed by atoms with Gasteiger partial charge in [-0.2, -0.15) is 17.7 Å². The third-order valence-electron chi connectivity index (χ3n) is 3.58. The molecule has 0 saturated carbocycles. The normalized spacial score (nSPS) is 10.1. The summed E-state index contributed by atoms with van der Waals surface area (Å²) in [5.74, 6) is 0.853. The minimum Gasteiger partial charge on any atom is -0.361 e. The van der Waals surface area contributed by atoms with Gasteiger partial charge in [0.15, 0.2) is 0 Å². The molecule has 0 aliphatic rings. The van der Waals surface area contributed by atoms with Gasteiger partial charge >= 0.3 is 5.82 Å². The van der Waals surface area contributed by atoms with Crippen LogP contribution in [-0.2, 0) is 32.7 Å². The summed E-state index contributed by atoms with van der Waals surface area (Å²) >= 11 is 0. The summed E-state index contributed by atoms with van der Waals surface area (Å²) in [6.07, 6.45) is 10.5. The van der Waals surface area contributed by atoms with Crippen LogP contribution in [0.25, 0.3) is 28.3 Å². The van der Waals surface area contributed by atoms with Gasteiger partial charge in [0.25, 0.3) is 0 Å². The molecule has 25 heavy (non-hydrogen) atoms. The summed E-state index contributed by atoms with van der Waals surface area (Å²) in [6, 6.07) is 20.6. The number of rotatable bonds is 3. The Balaban J connectivity index is 0.00000182. The number of pyridine rings is 4. The van der Waals surface area contributed by atoms with Gasteiger partial charge in [0.1, 0.15) is 6.20 Å². The maximum absolute atomic E-state index is 4.40. The molecule has 117 valence electrons. The van der Waals surface area contributed by atoms with Crippen molar-refractivity contribution in [2.24, 2.45) is 0 Å². The first-order valence-electron chi connectivity index (χ1n) is 7.55. The Morgan fingerprint density at radius 2 is 1.64 bits per heavy atom. The smallest absolute Gasteiger partial charge is 0.310 e. The summed E-state index contributed by atoms with van der Waals surface area (Å²) < 4.78 is 1.95. The van der Waals surface area contributed by atoms with Crippen LogP contribution in [-0.4, -0.2) is 15.0 Å². The molecule has 4 nitrogen and oxygen atoms in total. The van der Waals surface area contributed by atoms with Gasteiger partial charge in [0, 0.05) is 62.6 Å². The van der Waals surface area contributed by atoms with Crippen LogP contribution in [0.2, 0.25) is 0 Å². The van der Waals surface area contributed by atoms with Crippen LogP contribution in [0.3, 0.4) is 0 Å². The molecule has 4 rings (SSSR count). The van der Waals surface area contributed by atoms with E-state index in [0.717, 1.165) is 28.3 Å². The Bertz CT molecular complexity index is 942. The summed E-state index contributed by atoms with van der Waals surface area (Å²) in [4.78, 5) is 13.1. The van der Waals surface area contributed by atoms with E-state index in [4.69, 9.17) is 0 Å². The zero-order chi connectivity index (χ0) is 16.2. The van der Waals surface area contributed by atoms with Crippen LogP contribution in [0.4, 0.5) is 0 Å². The fourth-order valence-electron chi connectivity index (χ4n) is 2.39. The maximum Gasteiger partial charge on any atom is 0.310 e. The van der Waals surface area contributed by atoms with E-state index in [-0.39, 0.29) is 32.7 Å². The van der Waals surface area contributed by atoms with Gasteiger partial charge in [-0.1, -0.05) is 23.3 Å². The van der Waals surface area contributed by atoms with Gasteiger partial charge in [-0.15, -0.1) is 12.1 Å². The molecule has 0 unspecified atom stereocenters. The van der Waals surface area contributed by atoms with Crippen LogP contribution >= 0.6 is 0 Å². The van der Waals surface area contributed by atoms with Crippen molar-refractivity contribution in [1.29, 1.82) is 0 Å². The predicted octanol–water partition coefficient (Wildman–Crippen LogP) is 3.08. The van der Waals surface area contributed by atoms with Crippen LogP contribution < -0.4 is 4.57 Å². The van der Waals surface area contributed by atoms with Crippen molar-refractivity contribution in [2.75, 3.05) is 0 Å². The Morgan fingerprint density at radius 3 is 2.32 bits per heavy atom. The molecule has 0 N–H and O–H groups in total. The summed E-state index contributed by atoms with van der Waals surface area (Å²) in [6.45, 7) is 0. The first-order valence-corrected chi connectivity index (χ1v) is 7.55. The number of aromatic nitrogens is 4. The summed E-state index contributed by atoms with van der Waals surface area (Å²) in [5.41, 5.74) is 3.41. The molecule has 0 saturated heterocycles. The fourth-order valence-corrected chi connectivity index (χ4v) is 2.39. The molecule has 0 amide bonds. The number of nitrogens with zero attached hydrogens (tertiary/aromatic N) is 4. The second kappa shape index (κ2) is 8.19. The van der Waals surface area contributed by atoms with E-state index >= 15 is 0 Å². The first-order chi connectivity index (χ1) is 11.9. The van der Waals surface area contributed by atoms with E-state index in [1.54, 1.807) is 12.4 Å². The summed E-state index contributed by atoms with van der Waals surface area (Å²) in [5, 5.41) is 0. The number of hydrogen-bond acceptors (Lipinski definition) is 3. The molecular weight excluding hydrogens is 385 g/mol. The fraction of sp³-hybridized carbons (Fsp3) is 0. The monoisotopic (exact) mass is 398 g/mol. The van der Waals surface area contributed by atoms with E-state index in [1.165, 1.54) is 0 Å². The van der Waals surface area contributed by atoms with Gasteiger partial charge in [-0.25, -0.2) is 5.56 Å². The third kappa shape index (κ3) is 4.03. The molecule has 5 heteroatoms.